The summed E-state index contributed by atoms with van der Waals surface area (Å²) in [6.45, 7) is 2.49. The van der Waals surface area contributed by atoms with Crippen LogP contribution >= 0.6 is 0 Å². The molecular weight excluding hydrogens is 170 g/mol. The van der Waals surface area contributed by atoms with Crippen molar-refractivity contribution in [2.75, 3.05) is 19.8 Å². The number of carbonyl (C=O) groups excluding carboxylic acids is 1. The van der Waals surface area contributed by atoms with Crippen molar-refractivity contribution in [3.05, 3.63) is 0 Å². The summed E-state index contributed by atoms with van der Waals surface area (Å²) in [5.74, 6) is 0.121. The molecule has 0 aromatic rings. The van der Waals surface area contributed by atoms with Crippen LogP contribution in [0.5, 0.6) is 0 Å². The molecule has 2 N–H and O–H groups in total. The van der Waals surface area contributed by atoms with Gasteiger partial charge in [-0.1, -0.05) is 6.92 Å². The van der Waals surface area contributed by atoms with E-state index in [0.717, 1.165) is 6.42 Å². The van der Waals surface area contributed by atoms with E-state index in [4.69, 9.17) is 10.2 Å². The van der Waals surface area contributed by atoms with E-state index >= 15 is 0 Å². The van der Waals surface area contributed by atoms with Gasteiger partial charge in [0.1, 0.15) is 0 Å². The number of aliphatic hydroxyl groups is 2. The molecule has 0 aromatic carbocycles. The minimum atomic E-state index is -0.169. The highest BCUT2D eigenvalue weighted by atomic mass is 16.3. The number of aliphatic hydroxyl groups excluding tert-OH is 2. The van der Waals surface area contributed by atoms with Gasteiger partial charge in [0.25, 0.3) is 0 Å². The Morgan fingerprint density at radius 3 is 2.62 bits per heavy atom. The molecule has 76 valence electrons. The molecule has 1 heterocycles. The summed E-state index contributed by atoms with van der Waals surface area (Å²) < 4.78 is 0. The van der Waals surface area contributed by atoms with Gasteiger partial charge >= 0.3 is 0 Å². The maximum absolute atomic E-state index is 11.4. The van der Waals surface area contributed by atoms with E-state index in [9.17, 15) is 4.79 Å². The Balaban J connectivity index is 2.62. The zero-order chi connectivity index (χ0) is 9.84. The summed E-state index contributed by atoms with van der Waals surface area (Å²) >= 11 is 0. The van der Waals surface area contributed by atoms with Gasteiger partial charge in [-0.2, -0.15) is 0 Å². The smallest absolute Gasteiger partial charge is 0.222 e. The van der Waals surface area contributed by atoms with E-state index in [0.29, 0.717) is 13.0 Å². The number of nitrogens with zero attached hydrogens (tertiary/aromatic N) is 1. The number of rotatable bonds is 3. The van der Waals surface area contributed by atoms with Crippen molar-refractivity contribution in [2.24, 2.45) is 5.92 Å². The summed E-state index contributed by atoms with van der Waals surface area (Å²) in [4.78, 5) is 13.1. The Hall–Kier alpha value is -0.610. The molecule has 1 aliphatic heterocycles. The van der Waals surface area contributed by atoms with Crippen LogP contribution in [0.4, 0.5) is 0 Å². The Morgan fingerprint density at radius 1 is 1.46 bits per heavy atom. The Bertz CT molecular complexity index is 184. The normalized spacial score (nSPS) is 28.1. The highest BCUT2D eigenvalue weighted by Gasteiger charge is 2.35. The molecule has 1 fully saturated rings. The first-order valence-electron chi connectivity index (χ1n) is 4.75. The van der Waals surface area contributed by atoms with Gasteiger partial charge < -0.3 is 15.1 Å². The second-order valence-corrected chi connectivity index (χ2v) is 3.42. The number of amides is 1. The van der Waals surface area contributed by atoms with Crippen molar-refractivity contribution in [3.8, 4) is 0 Å². The molecule has 13 heavy (non-hydrogen) atoms. The minimum absolute atomic E-state index is 0.0447. The number of hydrogen-bond acceptors (Lipinski definition) is 3. The third-order valence-electron chi connectivity index (χ3n) is 2.73. The van der Waals surface area contributed by atoms with Crippen LogP contribution in [0.15, 0.2) is 0 Å². The average molecular weight is 187 g/mol. The average Bonchev–Trinajstić information content (AvgIpc) is 2.58. The molecule has 0 aromatic heterocycles. The van der Waals surface area contributed by atoms with Crippen LogP contribution in [0.3, 0.4) is 0 Å². The van der Waals surface area contributed by atoms with Gasteiger partial charge in [-0.15, -0.1) is 0 Å². The van der Waals surface area contributed by atoms with Crippen LogP contribution in [0.25, 0.3) is 0 Å². The van der Waals surface area contributed by atoms with Crippen LogP contribution in [-0.4, -0.2) is 46.8 Å². The van der Waals surface area contributed by atoms with Crippen molar-refractivity contribution < 1.29 is 15.0 Å². The Morgan fingerprint density at radius 2 is 2.15 bits per heavy atom. The van der Waals surface area contributed by atoms with Crippen LogP contribution in [-0.2, 0) is 4.79 Å². The first-order valence-corrected chi connectivity index (χ1v) is 4.75. The summed E-state index contributed by atoms with van der Waals surface area (Å²) in [5, 5.41) is 18.1. The standard InChI is InChI=1S/C9H17NO3/c1-2-9(13)10-4-3-7(5-11)8(10)6-12/h7-8,11-12H,2-6H2,1H3/t7-,8+/m1/s1. The fourth-order valence-electron chi connectivity index (χ4n) is 1.89. The summed E-state index contributed by atoms with van der Waals surface area (Å²) in [6.07, 6.45) is 1.27. The molecule has 1 rings (SSSR count). The lowest BCUT2D eigenvalue weighted by Crippen LogP contribution is -2.40. The fourth-order valence-corrected chi connectivity index (χ4v) is 1.89. The molecule has 0 radical (unpaired) electrons. The lowest BCUT2D eigenvalue weighted by Gasteiger charge is -2.25. The third-order valence-corrected chi connectivity index (χ3v) is 2.73. The zero-order valence-corrected chi connectivity index (χ0v) is 7.94. The van der Waals surface area contributed by atoms with Crippen LogP contribution in [0.1, 0.15) is 19.8 Å². The van der Waals surface area contributed by atoms with E-state index in [1.54, 1.807) is 4.90 Å². The van der Waals surface area contributed by atoms with E-state index in [1.807, 2.05) is 6.92 Å². The third kappa shape index (κ3) is 2.00. The number of hydrogen-bond donors (Lipinski definition) is 2. The van der Waals surface area contributed by atoms with E-state index < -0.39 is 0 Å². The maximum atomic E-state index is 11.4. The highest BCUT2D eigenvalue weighted by molar-refractivity contribution is 5.76. The molecule has 2 atom stereocenters. The van der Waals surface area contributed by atoms with E-state index in [-0.39, 0.29) is 31.1 Å². The van der Waals surface area contributed by atoms with Gasteiger partial charge in [0.15, 0.2) is 0 Å². The molecule has 1 aliphatic rings. The lowest BCUT2D eigenvalue weighted by atomic mass is 10.0. The summed E-state index contributed by atoms with van der Waals surface area (Å²) in [5.41, 5.74) is 0. The molecular formula is C9H17NO3. The first-order chi connectivity index (χ1) is 6.24. The van der Waals surface area contributed by atoms with Crippen molar-refractivity contribution in [3.63, 3.8) is 0 Å². The largest absolute Gasteiger partial charge is 0.396 e. The van der Waals surface area contributed by atoms with Crippen LogP contribution in [0.2, 0.25) is 0 Å². The van der Waals surface area contributed by atoms with Gasteiger partial charge in [-0.25, -0.2) is 0 Å². The fraction of sp³-hybridized carbons (Fsp3) is 0.889. The predicted molar refractivity (Wildman–Crippen MR) is 48.1 cm³/mol. The van der Waals surface area contributed by atoms with E-state index in [1.165, 1.54) is 0 Å². The Labute approximate surface area is 78.2 Å². The van der Waals surface area contributed by atoms with Crippen molar-refractivity contribution >= 4 is 5.91 Å². The van der Waals surface area contributed by atoms with E-state index in [2.05, 4.69) is 0 Å². The maximum Gasteiger partial charge on any atom is 0.222 e. The predicted octanol–water partition coefficient (Wildman–Crippen LogP) is -0.402. The van der Waals surface area contributed by atoms with Gasteiger partial charge in [0.2, 0.25) is 5.91 Å². The number of likely N-dealkylation sites (tertiary alicyclic amines) is 1. The molecule has 1 saturated heterocycles. The van der Waals surface area contributed by atoms with Gasteiger partial charge in [0.05, 0.1) is 12.6 Å². The van der Waals surface area contributed by atoms with Gasteiger partial charge in [-0.3, -0.25) is 4.79 Å². The topological polar surface area (TPSA) is 60.8 Å². The number of carbonyl (C=O) groups is 1. The lowest BCUT2D eigenvalue weighted by molar-refractivity contribution is -0.132. The quantitative estimate of drug-likeness (QED) is 0.632. The van der Waals surface area contributed by atoms with Crippen LogP contribution in [0, 0.1) is 5.92 Å². The summed E-state index contributed by atoms with van der Waals surface area (Å²) in [6, 6.07) is -0.169. The molecule has 0 bridgehead atoms. The highest BCUT2D eigenvalue weighted by Crippen LogP contribution is 2.24. The molecule has 0 unspecified atom stereocenters. The van der Waals surface area contributed by atoms with Gasteiger partial charge in [0, 0.05) is 25.5 Å². The summed E-state index contributed by atoms with van der Waals surface area (Å²) in [7, 11) is 0. The minimum Gasteiger partial charge on any atom is -0.396 e. The van der Waals surface area contributed by atoms with Crippen molar-refractivity contribution in [1.29, 1.82) is 0 Å². The molecule has 4 heteroatoms. The molecule has 0 aliphatic carbocycles. The second-order valence-electron chi connectivity index (χ2n) is 3.42. The van der Waals surface area contributed by atoms with Crippen LogP contribution < -0.4 is 0 Å². The zero-order valence-electron chi connectivity index (χ0n) is 7.94. The van der Waals surface area contributed by atoms with Crippen molar-refractivity contribution in [1.82, 2.24) is 4.90 Å². The molecule has 1 amide bonds. The van der Waals surface area contributed by atoms with Crippen molar-refractivity contribution in [2.45, 2.75) is 25.8 Å². The molecule has 4 nitrogen and oxygen atoms in total. The second kappa shape index (κ2) is 4.58. The first kappa shape index (κ1) is 10.5. The molecule has 0 saturated carbocycles. The Kier molecular flexibility index (Phi) is 3.69. The SMILES string of the molecule is CCC(=O)N1CC[C@H](CO)[C@@H]1CO. The monoisotopic (exact) mass is 187 g/mol. The molecule has 0 spiro atoms. The van der Waals surface area contributed by atoms with Gasteiger partial charge in [-0.05, 0) is 6.42 Å².